The van der Waals surface area contributed by atoms with Gasteiger partial charge in [0.05, 0.1) is 38.6 Å². The van der Waals surface area contributed by atoms with Crippen molar-refractivity contribution in [1.29, 1.82) is 0 Å². The Kier molecular flexibility index (Phi) is 13.2. The first-order valence-electron chi connectivity index (χ1n) is 16.2. The van der Waals surface area contributed by atoms with Crippen molar-refractivity contribution >= 4 is 41.2 Å². The maximum Gasteiger partial charge on any atom is 0.399 e. The van der Waals surface area contributed by atoms with Crippen LogP contribution in [0.2, 0.25) is 0 Å². The van der Waals surface area contributed by atoms with E-state index < -0.39 is 19.7 Å². The summed E-state index contributed by atoms with van der Waals surface area (Å²) in [5.41, 5.74) is 7.18. The zero-order chi connectivity index (χ0) is 34.7. The number of nitrogen functional groups attached to an aromatic ring is 1. The van der Waals surface area contributed by atoms with Crippen molar-refractivity contribution in [2.75, 3.05) is 45.4 Å². The Morgan fingerprint density at radius 2 is 1.65 bits per heavy atom. The lowest BCUT2D eigenvalue weighted by Gasteiger charge is -2.25. The molecular weight excluding hydrogens is 643 g/mol. The second-order valence-electron chi connectivity index (χ2n) is 11.3. The molecule has 1 atom stereocenters. The number of carbonyl (C=O) groups excluding carboxylic acids is 1. The summed E-state index contributed by atoms with van der Waals surface area (Å²) in [4.78, 5) is 21.0. The molecule has 48 heavy (non-hydrogen) atoms. The van der Waals surface area contributed by atoms with Crippen LogP contribution in [0.25, 0.3) is 21.8 Å². The fourth-order valence-corrected chi connectivity index (χ4v) is 6.78. The zero-order valence-corrected chi connectivity index (χ0v) is 28.8. The second kappa shape index (κ2) is 17.1. The first kappa shape index (κ1) is 37.1. The highest BCUT2D eigenvalue weighted by Gasteiger charge is 2.52. The monoisotopic (exact) mass is 687 g/mol. The lowest BCUT2D eigenvalue weighted by molar-refractivity contribution is -0.143. The maximum atomic E-state index is 14.4. The summed E-state index contributed by atoms with van der Waals surface area (Å²) in [7, 11) is -4.56. The van der Waals surface area contributed by atoms with E-state index >= 15 is 0 Å². The fraction of sp³-hybridized carbons (Fsp3) is 0.457. The normalized spacial score (nSPS) is 12.8. The van der Waals surface area contributed by atoms with E-state index in [1.54, 1.807) is 6.92 Å². The van der Waals surface area contributed by atoms with E-state index in [-0.39, 0.29) is 44.9 Å². The lowest BCUT2D eigenvalue weighted by atomic mass is 9.93. The first-order chi connectivity index (χ1) is 23.0. The minimum absolute atomic E-state index is 0.0843. The van der Waals surface area contributed by atoms with Crippen LogP contribution < -0.4 is 10.5 Å². The minimum atomic E-state index is -4.56. The summed E-state index contributed by atoms with van der Waals surface area (Å²) in [6, 6.07) is 15.7. The highest BCUT2D eigenvalue weighted by Crippen LogP contribution is 2.63. The number of nitrogens with two attached hydrogens (primary N) is 1. The molecule has 0 aliphatic rings. The number of benzene rings is 2. The van der Waals surface area contributed by atoms with E-state index in [4.69, 9.17) is 29.0 Å². The Labute approximate surface area is 279 Å². The smallest absolute Gasteiger partial charge is 0.399 e. The number of hydrogen-bond acceptors (Lipinski definition) is 10. The molecule has 0 amide bonds. The molecule has 10 nitrogen and oxygen atoms in total. The van der Waals surface area contributed by atoms with Gasteiger partial charge in [0.25, 0.3) is 0 Å². The molecule has 13 heteroatoms. The van der Waals surface area contributed by atoms with Gasteiger partial charge in [-0.05, 0) is 80.5 Å². The third kappa shape index (κ3) is 9.47. The van der Waals surface area contributed by atoms with Crippen LogP contribution in [0.5, 0.6) is 5.75 Å². The topological polar surface area (TPSA) is 132 Å². The van der Waals surface area contributed by atoms with Gasteiger partial charge in [-0.3, -0.25) is 14.3 Å². The minimum Gasteiger partial charge on any atom is -0.491 e. The maximum absolute atomic E-state index is 14.4. The van der Waals surface area contributed by atoms with Crippen LogP contribution in [0.3, 0.4) is 0 Å². The summed E-state index contributed by atoms with van der Waals surface area (Å²) in [5.74, 6) is 0.899. The van der Waals surface area contributed by atoms with Crippen molar-refractivity contribution in [1.82, 2.24) is 9.97 Å². The number of anilines is 1. The number of esters is 1. The van der Waals surface area contributed by atoms with E-state index in [1.165, 1.54) is 13.8 Å². The summed E-state index contributed by atoms with van der Waals surface area (Å²) >= 11 is 0. The van der Waals surface area contributed by atoms with E-state index in [1.807, 2.05) is 48.7 Å². The van der Waals surface area contributed by atoms with Gasteiger partial charge < -0.3 is 29.0 Å². The molecule has 0 radical (unpaired) electrons. The van der Waals surface area contributed by atoms with Crippen molar-refractivity contribution in [3.63, 3.8) is 0 Å². The van der Waals surface area contributed by atoms with Gasteiger partial charge in [0.1, 0.15) is 17.9 Å². The van der Waals surface area contributed by atoms with Gasteiger partial charge >= 0.3 is 19.2 Å². The van der Waals surface area contributed by atoms with Crippen molar-refractivity contribution in [3.05, 3.63) is 71.4 Å². The van der Waals surface area contributed by atoms with E-state index in [0.29, 0.717) is 36.5 Å². The molecule has 1 unspecified atom stereocenters. The molecule has 2 heterocycles. The van der Waals surface area contributed by atoms with Crippen LogP contribution in [0.1, 0.15) is 63.1 Å². The van der Waals surface area contributed by atoms with Crippen molar-refractivity contribution < 1.29 is 41.4 Å². The number of fused-ring (bicyclic) bond motifs is 3. The molecule has 0 spiro atoms. The van der Waals surface area contributed by atoms with E-state index in [2.05, 4.69) is 23.0 Å². The number of aryl methyl sites for hydroxylation is 1. The highest BCUT2D eigenvalue weighted by atomic mass is 31.2. The Balaban J connectivity index is 1.31. The van der Waals surface area contributed by atoms with Crippen LogP contribution in [0.15, 0.2) is 54.7 Å². The van der Waals surface area contributed by atoms with Crippen molar-refractivity contribution in [2.24, 2.45) is 0 Å². The van der Waals surface area contributed by atoms with Crippen molar-refractivity contribution in [2.45, 2.75) is 65.0 Å². The highest BCUT2D eigenvalue weighted by molar-refractivity contribution is 7.55. The summed E-state index contributed by atoms with van der Waals surface area (Å²) in [6.45, 7) is 6.89. The number of rotatable bonds is 19. The molecular formula is C35H44F2N3O7P. The van der Waals surface area contributed by atoms with Gasteiger partial charge in [0, 0.05) is 29.8 Å². The molecule has 0 aliphatic heterocycles. The Bertz CT molecular complexity index is 1710. The van der Waals surface area contributed by atoms with Crippen LogP contribution >= 0.6 is 7.60 Å². The van der Waals surface area contributed by atoms with Crippen LogP contribution in [0.4, 0.5) is 14.6 Å². The average molecular weight is 688 g/mol. The Morgan fingerprint density at radius 3 is 2.33 bits per heavy atom. The Hall–Kier alpha value is -3.70. The Morgan fingerprint density at radius 1 is 0.938 bits per heavy atom. The van der Waals surface area contributed by atoms with Gasteiger partial charge in [0.15, 0.2) is 5.82 Å². The molecule has 0 saturated carbocycles. The molecule has 2 aromatic heterocycles. The van der Waals surface area contributed by atoms with Gasteiger partial charge in [-0.15, -0.1) is 0 Å². The lowest BCUT2D eigenvalue weighted by Crippen LogP contribution is -2.23. The van der Waals surface area contributed by atoms with E-state index in [0.717, 1.165) is 39.4 Å². The van der Waals surface area contributed by atoms with Crippen LogP contribution in [-0.4, -0.2) is 61.2 Å². The number of hydrogen-bond donors (Lipinski definition) is 1. The molecule has 0 saturated heterocycles. The molecule has 2 N–H and O–H groups in total. The van der Waals surface area contributed by atoms with Gasteiger partial charge in [-0.1, -0.05) is 31.2 Å². The molecule has 0 bridgehead atoms. The first-order valence-corrected chi connectivity index (χ1v) is 17.7. The van der Waals surface area contributed by atoms with Gasteiger partial charge in [-0.25, -0.2) is 4.98 Å². The summed E-state index contributed by atoms with van der Waals surface area (Å²) in [6.07, 6.45) is 2.66. The predicted molar refractivity (Wildman–Crippen MR) is 182 cm³/mol. The second-order valence-corrected chi connectivity index (χ2v) is 13.4. The summed E-state index contributed by atoms with van der Waals surface area (Å²) in [5, 5.41) is 1.86. The number of pyridine rings is 2. The number of ether oxygens (including phenoxy) is 3. The van der Waals surface area contributed by atoms with Crippen molar-refractivity contribution in [3.8, 4) is 5.75 Å². The molecule has 2 aromatic carbocycles. The van der Waals surface area contributed by atoms with Gasteiger partial charge in [-0.2, -0.15) is 8.78 Å². The quantitative estimate of drug-likeness (QED) is 0.0450. The molecule has 4 aromatic rings. The molecule has 260 valence electrons. The third-order valence-corrected chi connectivity index (χ3v) is 9.97. The van der Waals surface area contributed by atoms with Crippen LogP contribution in [-0.2, 0) is 40.7 Å². The third-order valence-electron chi connectivity index (χ3n) is 7.74. The predicted octanol–water partition coefficient (Wildman–Crippen LogP) is 7.85. The molecule has 0 aliphatic carbocycles. The van der Waals surface area contributed by atoms with E-state index in [9.17, 15) is 18.1 Å². The SMILES string of the molecule is CCOC(=O)CCc1ccc2c(c1)nc(N)c1ncc(C(C)Cc3ccc(OCCOCCC(F)(F)P(=O)(OCC)OCC)cc3)cc12. The molecule has 0 fully saturated rings. The standard InChI is InChI=1S/C35H44F2N3O7P/c1-5-44-32(41)15-11-26-10-14-29-30-22-27(23-39-33(30)34(38)40-31(29)21-26)24(4)20-25-8-12-28(13-9-25)45-19-18-43-17-16-35(36,37)48(42,46-6-2)47-7-3/h8-10,12-14,21-24H,5-7,11,15-20H2,1-4H3,(H2,38,40). The average Bonchev–Trinajstić information content (AvgIpc) is 3.06. The number of nitrogens with zero attached hydrogens (tertiary/aromatic N) is 2. The number of carbonyl (C=O) groups is 1. The van der Waals surface area contributed by atoms with Gasteiger partial charge in [0.2, 0.25) is 0 Å². The summed E-state index contributed by atoms with van der Waals surface area (Å²) < 4.78 is 66.8. The number of alkyl halides is 2. The zero-order valence-electron chi connectivity index (χ0n) is 27.9. The fourth-order valence-electron chi connectivity index (χ4n) is 5.29. The largest absolute Gasteiger partial charge is 0.491 e. The number of aromatic nitrogens is 2. The van der Waals surface area contributed by atoms with Crippen LogP contribution in [0, 0.1) is 0 Å². The number of halogens is 2. The molecule has 4 rings (SSSR count).